The van der Waals surface area contributed by atoms with E-state index in [2.05, 4.69) is 15.4 Å². The second-order valence-electron chi connectivity index (χ2n) is 4.30. The van der Waals surface area contributed by atoms with Gasteiger partial charge in [-0.05, 0) is 12.1 Å². The molecule has 1 aliphatic rings. The SMILES string of the molecule is NCCNCCNCCN.O=C1OC(=O)c2ccccc21. The van der Waals surface area contributed by atoms with E-state index in [4.69, 9.17) is 11.5 Å². The highest BCUT2D eigenvalue weighted by atomic mass is 16.6. The van der Waals surface area contributed by atoms with Crippen LogP contribution in [0, 0.1) is 0 Å². The first-order valence-electron chi connectivity index (χ1n) is 6.87. The predicted molar refractivity (Wildman–Crippen MR) is 80.0 cm³/mol. The molecule has 0 unspecified atom stereocenters. The molecule has 0 bridgehead atoms. The van der Waals surface area contributed by atoms with E-state index in [-0.39, 0.29) is 0 Å². The van der Waals surface area contributed by atoms with E-state index in [0.717, 1.165) is 26.2 Å². The molecule has 1 aliphatic heterocycles. The lowest BCUT2D eigenvalue weighted by Gasteiger charge is -2.03. The molecule has 1 heterocycles. The van der Waals surface area contributed by atoms with Crippen LogP contribution >= 0.6 is 0 Å². The molecule has 6 N–H and O–H groups in total. The normalized spacial score (nSPS) is 12.5. The molecule has 0 saturated heterocycles. The number of ether oxygens (including phenoxy) is 1. The topological polar surface area (TPSA) is 119 Å². The Morgan fingerprint density at radius 2 is 1.24 bits per heavy atom. The average Bonchev–Trinajstić information content (AvgIpc) is 2.79. The quantitative estimate of drug-likeness (QED) is 0.292. The van der Waals surface area contributed by atoms with Gasteiger partial charge in [0.1, 0.15) is 0 Å². The van der Waals surface area contributed by atoms with Crippen molar-refractivity contribution in [3.63, 3.8) is 0 Å². The highest BCUT2D eigenvalue weighted by molar-refractivity contribution is 6.14. The molecule has 2 rings (SSSR count). The lowest BCUT2D eigenvalue weighted by molar-refractivity contribution is 0.0444. The van der Waals surface area contributed by atoms with Gasteiger partial charge in [-0.15, -0.1) is 0 Å². The smallest absolute Gasteiger partial charge is 0.346 e. The molecule has 1 aromatic carbocycles. The van der Waals surface area contributed by atoms with Crippen molar-refractivity contribution in [2.75, 3.05) is 39.3 Å². The van der Waals surface area contributed by atoms with Gasteiger partial charge < -0.3 is 26.8 Å². The fourth-order valence-corrected chi connectivity index (χ4v) is 1.66. The lowest BCUT2D eigenvalue weighted by atomic mass is 10.1. The Morgan fingerprint density at radius 3 is 1.62 bits per heavy atom. The van der Waals surface area contributed by atoms with Crippen molar-refractivity contribution in [2.24, 2.45) is 11.5 Å². The third-order valence-corrected chi connectivity index (χ3v) is 2.67. The molecule has 7 nitrogen and oxygen atoms in total. The summed E-state index contributed by atoms with van der Waals surface area (Å²) in [4.78, 5) is 21.7. The summed E-state index contributed by atoms with van der Waals surface area (Å²) in [6.45, 7) is 5.14. The molecule has 7 heteroatoms. The van der Waals surface area contributed by atoms with E-state index in [1.165, 1.54) is 0 Å². The summed E-state index contributed by atoms with van der Waals surface area (Å²) in [7, 11) is 0. The first kappa shape index (κ1) is 17.3. The molecule has 0 aromatic heterocycles. The molecule has 0 fully saturated rings. The zero-order chi connectivity index (χ0) is 15.5. The van der Waals surface area contributed by atoms with Crippen molar-refractivity contribution in [2.45, 2.75) is 0 Å². The largest absolute Gasteiger partial charge is 0.386 e. The van der Waals surface area contributed by atoms with E-state index >= 15 is 0 Å². The van der Waals surface area contributed by atoms with Crippen molar-refractivity contribution < 1.29 is 14.3 Å². The number of hydrogen-bond donors (Lipinski definition) is 4. The van der Waals surface area contributed by atoms with Crippen molar-refractivity contribution >= 4 is 11.9 Å². The number of esters is 2. The third kappa shape index (κ3) is 6.01. The van der Waals surface area contributed by atoms with Crippen molar-refractivity contribution in [1.29, 1.82) is 0 Å². The number of hydrogen-bond acceptors (Lipinski definition) is 7. The minimum absolute atomic E-state index is 0.359. The van der Waals surface area contributed by atoms with Crippen LogP contribution in [0.2, 0.25) is 0 Å². The highest BCUT2D eigenvalue weighted by Crippen LogP contribution is 2.18. The Kier molecular flexibility index (Phi) is 8.22. The van der Waals surface area contributed by atoms with Gasteiger partial charge in [-0.1, -0.05) is 12.1 Å². The van der Waals surface area contributed by atoms with Crippen LogP contribution in [-0.2, 0) is 4.74 Å². The molecule has 0 saturated carbocycles. The second-order valence-corrected chi connectivity index (χ2v) is 4.30. The van der Waals surface area contributed by atoms with Crippen LogP contribution in [-0.4, -0.2) is 51.2 Å². The van der Waals surface area contributed by atoms with Gasteiger partial charge in [-0.3, -0.25) is 0 Å². The summed E-state index contributed by atoms with van der Waals surface area (Å²) < 4.78 is 4.35. The minimum Gasteiger partial charge on any atom is -0.386 e. The van der Waals surface area contributed by atoms with E-state index in [9.17, 15) is 9.59 Å². The van der Waals surface area contributed by atoms with Gasteiger partial charge in [-0.25, -0.2) is 9.59 Å². The fraction of sp³-hybridized carbons (Fsp3) is 0.429. The van der Waals surface area contributed by atoms with E-state index in [1.807, 2.05) is 0 Å². The van der Waals surface area contributed by atoms with Crippen LogP contribution in [0.1, 0.15) is 20.7 Å². The Labute approximate surface area is 124 Å². The fourth-order valence-electron chi connectivity index (χ4n) is 1.66. The average molecular weight is 294 g/mol. The number of carbonyl (C=O) groups is 2. The van der Waals surface area contributed by atoms with Gasteiger partial charge in [0.2, 0.25) is 0 Å². The summed E-state index contributed by atoms with van der Waals surface area (Å²) in [5.74, 6) is -1.10. The Balaban J connectivity index is 0.000000212. The number of nitrogens with one attached hydrogen (secondary N) is 2. The van der Waals surface area contributed by atoms with Crippen LogP contribution in [0.5, 0.6) is 0 Å². The van der Waals surface area contributed by atoms with Gasteiger partial charge in [0.15, 0.2) is 0 Å². The maximum Gasteiger partial charge on any atom is 0.346 e. The van der Waals surface area contributed by atoms with E-state index in [1.54, 1.807) is 24.3 Å². The molecular formula is C14H22N4O3. The predicted octanol–water partition coefficient (Wildman–Crippen LogP) is -0.920. The summed E-state index contributed by atoms with van der Waals surface area (Å²) in [6, 6.07) is 6.53. The molecule has 0 atom stereocenters. The minimum atomic E-state index is -0.550. The number of benzene rings is 1. The van der Waals surface area contributed by atoms with Crippen molar-refractivity contribution in [1.82, 2.24) is 10.6 Å². The number of nitrogens with two attached hydrogens (primary N) is 2. The number of cyclic esters (lactones) is 2. The first-order chi connectivity index (χ1) is 10.2. The molecule has 0 amide bonds. The number of fused-ring (bicyclic) bond motifs is 1. The van der Waals surface area contributed by atoms with E-state index < -0.39 is 11.9 Å². The van der Waals surface area contributed by atoms with Gasteiger partial charge in [0.25, 0.3) is 0 Å². The molecule has 116 valence electrons. The van der Waals surface area contributed by atoms with E-state index in [0.29, 0.717) is 24.2 Å². The summed E-state index contributed by atoms with van der Waals surface area (Å²) in [6.07, 6.45) is 0. The number of rotatable bonds is 7. The van der Waals surface area contributed by atoms with Gasteiger partial charge in [0.05, 0.1) is 11.1 Å². The van der Waals surface area contributed by atoms with Crippen LogP contribution in [0.4, 0.5) is 0 Å². The maximum absolute atomic E-state index is 10.8. The summed E-state index contributed by atoms with van der Waals surface area (Å²) >= 11 is 0. The lowest BCUT2D eigenvalue weighted by Crippen LogP contribution is -2.32. The van der Waals surface area contributed by atoms with Crippen LogP contribution in [0.3, 0.4) is 0 Å². The van der Waals surface area contributed by atoms with Gasteiger partial charge in [0, 0.05) is 39.3 Å². The van der Waals surface area contributed by atoms with Crippen LogP contribution < -0.4 is 22.1 Å². The van der Waals surface area contributed by atoms with Crippen molar-refractivity contribution in [3.05, 3.63) is 35.4 Å². The Bertz CT molecular complexity index is 424. The molecule has 1 aromatic rings. The number of carbonyl (C=O) groups excluding carboxylic acids is 2. The monoisotopic (exact) mass is 294 g/mol. The zero-order valence-electron chi connectivity index (χ0n) is 11.9. The Hall–Kier alpha value is -1.80. The zero-order valence-corrected chi connectivity index (χ0v) is 11.9. The van der Waals surface area contributed by atoms with Gasteiger partial charge in [-0.2, -0.15) is 0 Å². The molecule has 21 heavy (non-hydrogen) atoms. The third-order valence-electron chi connectivity index (χ3n) is 2.67. The standard InChI is InChI=1S/C8H4O3.C6H18N4/c9-7-5-3-1-2-4-6(5)8(10)11-7;7-1-3-9-5-6-10-4-2-8/h1-4H;9-10H,1-8H2. The Morgan fingerprint density at radius 1 is 0.810 bits per heavy atom. The molecule has 0 aliphatic carbocycles. The molecule has 0 spiro atoms. The van der Waals surface area contributed by atoms with Crippen LogP contribution in [0.25, 0.3) is 0 Å². The molecular weight excluding hydrogens is 272 g/mol. The summed E-state index contributed by atoms with van der Waals surface area (Å²) in [5, 5.41) is 6.33. The van der Waals surface area contributed by atoms with Crippen LogP contribution in [0.15, 0.2) is 24.3 Å². The maximum atomic E-state index is 10.8. The molecule has 0 radical (unpaired) electrons. The summed E-state index contributed by atoms with van der Waals surface area (Å²) in [5.41, 5.74) is 11.3. The van der Waals surface area contributed by atoms with Gasteiger partial charge >= 0.3 is 11.9 Å². The van der Waals surface area contributed by atoms with Crippen molar-refractivity contribution in [3.8, 4) is 0 Å². The first-order valence-corrected chi connectivity index (χ1v) is 6.87. The highest BCUT2D eigenvalue weighted by Gasteiger charge is 2.28. The second kappa shape index (κ2) is 10.0.